The van der Waals surface area contributed by atoms with Crippen LogP contribution in [-0.4, -0.2) is 36.5 Å². The number of fused-ring (bicyclic) bond motifs is 1. The lowest BCUT2D eigenvalue weighted by Crippen LogP contribution is -2.11. The van der Waals surface area contributed by atoms with E-state index < -0.39 is 5.97 Å². The number of aliphatic carboxylic acids is 1. The molecule has 8 heteroatoms. The van der Waals surface area contributed by atoms with Crippen LogP contribution in [0.2, 0.25) is 0 Å². The Kier molecular flexibility index (Phi) is 5.07. The molecule has 0 bridgehead atoms. The number of carboxylic acid groups (broad SMARTS) is 1. The van der Waals surface area contributed by atoms with Crippen molar-refractivity contribution < 1.29 is 14.7 Å². The van der Waals surface area contributed by atoms with Gasteiger partial charge in [0, 0.05) is 12.4 Å². The Labute approximate surface area is 166 Å². The largest absolute Gasteiger partial charge is 0.481 e. The van der Waals surface area contributed by atoms with Crippen LogP contribution in [0.1, 0.15) is 22.3 Å². The minimum absolute atomic E-state index is 0.0519. The van der Waals surface area contributed by atoms with Gasteiger partial charge in [-0.15, -0.1) is 0 Å². The van der Waals surface area contributed by atoms with Gasteiger partial charge in [0.15, 0.2) is 0 Å². The first-order chi connectivity index (χ1) is 14.1. The van der Waals surface area contributed by atoms with Gasteiger partial charge in [-0.2, -0.15) is 10.2 Å². The number of amides is 1. The van der Waals surface area contributed by atoms with Gasteiger partial charge < -0.3 is 10.4 Å². The molecule has 0 spiro atoms. The first-order valence-corrected chi connectivity index (χ1v) is 9.13. The minimum Gasteiger partial charge on any atom is -0.481 e. The second kappa shape index (κ2) is 7.97. The van der Waals surface area contributed by atoms with Crippen molar-refractivity contribution in [1.82, 2.24) is 19.6 Å². The van der Waals surface area contributed by atoms with Crippen LogP contribution in [0.25, 0.3) is 10.8 Å². The van der Waals surface area contributed by atoms with E-state index in [-0.39, 0.29) is 18.9 Å². The van der Waals surface area contributed by atoms with Crippen molar-refractivity contribution in [2.75, 3.05) is 5.32 Å². The number of nitrogens with zero attached hydrogens (tertiary/aromatic N) is 4. The Bertz CT molecular complexity index is 1170. The van der Waals surface area contributed by atoms with E-state index in [1.54, 1.807) is 17.1 Å². The van der Waals surface area contributed by atoms with E-state index in [2.05, 4.69) is 39.8 Å². The van der Waals surface area contributed by atoms with Crippen LogP contribution in [0.5, 0.6) is 0 Å². The molecule has 1 amide bonds. The van der Waals surface area contributed by atoms with Gasteiger partial charge in [0.1, 0.15) is 0 Å². The Hall–Kier alpha value is -3.94. The molecule has 4 rings (SSSR count). The van der Waals surface area contributed by atoms with Crippen molar-refractivity contribution >= 4 is 28.3 Å². The predicted octanol–water partition coefficient (Wildman–Crippen LogP) is 3.01. The summed E-state index contributed by atoms with van der Waals surface area (Å²) in [5.41, 5.74) is 2.08. The number of aryl methyl sites for hydroxylation is 1. The third kappa shape index (κ3) is 4.32. The molecule has 2 N–H and O–H groups in total. The first-order valence-electron chi connectivity index (χ1n) is 9.13. The number of anilines is 1. The van der Waals surface area contributed by atoms with Crippen LogP contribution >= 0.6 is 0 Å². The van der Waals surface area contributed by atoms with E-state index >= 15 is 0 Å². The molecule has 29 heavy (non-hydrogen) atoms. The smallest absolute Gasteiger partial charge is 0.305 e. The van der Waals surface area contributed by atoms with Gasteiger partial charge in [0.25, 0.3) is 5.91 Å². The number of carbonyl (C=O) groups excluding carboxylic acids is 1. The summed E-state index contributed by atoms with van der Waals surface area (Å²) in [7, 11) is 0. The van der Waals surface area contributed by atoms with E-state index in [0.717, 1.165) is 5.56 Å². The molecular weight excluding hydrogens is 370 g/mol. The van der Waals surface area contributed by atoms with Gasteiger partial charge >= 0.3 is 5.97 Å². The molecule has 2 aromatic heterocycles. The van der Waals surface area contributed by atoms with Crippen molar-refractivity contribution in [2.24, 2.45) is 0 Å². The molecule has 0 radical (unpaired) electrons. The van der Waals surface area contributed by atoms with Crippen LogP contribution in [-0.2, 0) is 17.9 Å². The lowest BCUT2D eigenvalue weighted by molar-refractivity contribution is -0.137. The summed E-state index contributed by atoms with van der Waals surface area (Å²) in [5, 5.41) is 22.2. The number of aromatic nitrogens is 4. The Morgan fingerprint density at radius 2 is 1.76 bits per heavy atom. The fourth-order valence-electron chi connectivity index (χ4n) is 3.14. The number of hydrogen-bond acceptors (Lipinski definition) is 4. The molecule has 0 aliphatic rings. The lowest BCUT2D eigenvalue weighted by Gasteiger charge is -2.06. The molecule has 0 aliphatic carbocycles. The summed E-state index contributed by atoms with van der Waals surface area (Å²) < 4.78 is 3.21. The number of carbonyl (C=O) groups is 2. The van der Waals surface area contributed by atoms with E-state index in [4.69, 9.17) is 5.11 Å². The Morgan fingerprint density at radius 3 is 2.62 bits per heavy atom. The summed E-state index contributed by atoms with van der Waals surface area (Å²) in [4.78, 5) is 23.0. The highest BCUT2D eigenvalue weighted by Gasteiger charge is 2.11. The number of benzene rings is 2. The van der Waals surface area contributed by atoms with Gasteiger partial charge in [-0.3, -0.25) is 19.0 Å². The van der Waals surface area contributed by atoms with Gasteiger partial charge in [0.2, 0.25) is 0 Å². The van der Waals surface area contributed by atoms with E-state index in [0.29, 0.717) is 17.8 Å². The zero-order valence-electron chi connectivity index (χ0n) is 15.5. The summed E-state index contributed by atoms with van der Waals surface area (Å²) in [5.74, 6) is -1.23. The highest BCUT2D eigenvalue weighted by atomic mass is 16.4. The maximum atomic E-state index is 12.4. The SMILES string of the molecule is O=C(O)CCn1cc(C(=O)Nc2cnn(Cc3cccc4ccccc34)c2)cn1. The molecular formula is C21H19N5O3. The van der Waals surface area contributed by atoms with Gasteiger partial charge in [-0.1, -0.05) is 42.5 Å². The van der Waals surface area contributed by atoms with Crippen molar-refractivity contribution in [3.8, 4) is 0 Å². The average molecular weight is 389 g/mol. The zero-order valence-corrected chi connectivity index (χ0v) is 15.5. The number of carboxylic acids is 1. The van der Waals surface area contributed by atoms with E-state index in [9.17, 15) is 9.59 Å². The van der Waals surface area contributed by atoms with Gasteiger partial charge in [0.05, 0.1) is 43.2 Å². The fourth-order valence-corrected chi connectivity index (χ4v) is 3.14. The fraction of sp³-hybridized carbons (Fsp3) is 0.143. The van der Waals surface area contributed by atoms with Crippen LogP contribution < -0.4 is 5.32 Å². The lowest BCUT2D eigenvalue weighted by atomic mass is 10.0. The molecule has 8 nitrogen and oxygen atoms in total. The highest BCUT2D eigenvalue weighted by molar-refractivity contribution is 6.03. The van der Waals surface area contributed by atoms with Crippen LogP contribution in [0, 0.1) is 0 Å². The van der Waals surface area contributed by atoms with E-state index in [1.807, 2.05) is 18.2 Å². The average Bonchev–Trinajstić information content (AvgIpc) is 3.36. The maximum absolute atomic E-state index is 12.4. The van der Waals surface area contributed by atoms with Gasteiger partial charge in [-0.05, 0) is 16.3 Å². The topological polar surface area (TPSA) is 102 Å². The number of nitrogens with one attached hydrogen (secondary N) is 1. The minimum atomic E-state index is -0.912. The second-order valence-corrected chi connectivity index (χ2v) is 6.65. The van der Waals surface area contributed by atoms with Crippen LogP contribution in [0.15, 0.2) is 67.3 Å². The predicted molar refractivity (Wildman–Crippen MR) is 108 cm³/mol. The summed E-state index contributed by atoms with van der Waals surface area (Å²) >= 11 is 0. The standard InChI is InChI=1S/C21H19N5O3/c27-20(28)8-9-25-13-17(10-22-25)21(29)24-18-11-23-26(14-18)12-16-6-3-5-15-4-1-2-7-19(15)16/h1-7,10-11,13-14H,8-9,12H2,(H,24,29)(H,27,28). The highest BCUT2D eigenvalue weighted by Crippen LogP contribution is 2.20. The van der Waals surface area contributed by atoms with Crippen LogP contribution in [0.3, 0.4) is 0 Å². The molecule has 4 aromatic rings. The number of hydrogen-bond donors (Lipinski definition) is 2. The summed E-state index contributed by atoms with van der Waals surface area (Å²) in [6.45, 7) is 0.802. The first kappa shape index (κ1) is 18.4. The van der Waals surface area contributed by atoms with Gasteiger partial charge in [-0.25, -0.2) is 0 Å². The van der Waals surface area contributed by atoms with Crippen LogP contribution in [0.4, 0.5) is 5.69 Å². The molecule has 0 atom stereocenters. The normalized spacial score (nSPS) is 10.9. The molecule has 0 aliphatic heterocycles. The monoisotopic (exact) mass is 389 g/mol. The van der Waals surface area contributed by atoms with Crippen molar-refractivity contribution in [2.45, 2.75) is 19.5 Å². The maximum Gasteiger partial charge on any atom is 0.305 e. The van der Waals surface area contributed by atoms with Crippen molar-refractivity contribution in [3.63, 3.8) is 0 Å². The van der Waals surface area contributed by atoms with Crippen molar-refractivity contribution in [1.29, 1.82) is 0 Å². The molecule has 0 saturated heterocycles. The molecule has 2 aromatic carbocycles. The quantitative estimate of drug-likeness (QED) is 0.506. The Balaban J connectivity index is 1.43. The molecule has 146 valence electrons. The van der Waals surface area contributed by atoms with E-state index in [1.165, 1.54) is 27.8 Å². The molecule has 0 fully saturated rings. The molecule has 0 unspecified atom stereocenters. The summed E-state index contributed by atoms with van der Waals surface area (Å²) in [6, 6.07) is 14.3. The van der Waals surface area contributed by atoms with Crippen molar-refractivity contribution in [3.05, 3.63) is 78.4 Å². The third-order valence-electron chi connectivity index (χ3n) is 4.55. The Morgan fingerprint density at radius 1 is 0.966 bits per heavy atom. The number of rotatable bonds is 7. The summed E-state index contributed by atoms with van der Waals surface area (Å²) in [6.07, 6.45) is 6.26. The zero-order chi connectivity index (χ0) is 20.2. The third-order valence-corrected chi connectivity index (χ3v) is 4.55. The second-order valence-electron chi connectivity index (χ2n) is 6.65. The molecule has 0 saturated carbocycles. The molecule has 2 heterocycles.